The molecule has 3 heteroatoms. The lowest BCUT2D eigenvalue weighted by atomic mass is 9.55. The van der Waals surface area contributed by atoms with E-state index in [2.05, 4.69) is 143 Å². The van der Waals surface area contributed by atoms with Gasteiger partial charge in [-0.15, -0.1) is 0 Å². The zero-order valence-corrected chi connectivity index (χ0v) is 31.1. The molecule has 54 heavy (non-hydrogen) atoms. The molecule has 3 nitrogen and oxygen atoms in total. The van der Waals surface area contributed by atoms with Crippen LogP contribution in [0.3, 0.4) is 0 Å². The topological polar surface area (TPSA) is 38.7 Å². The molecule has 0 fully saturated rings. The number of rotatable bonds is 6. The van der Waals surface area contributed by atoms with Gasteiger partial charge in [0, 0.05) is 16.7 Å². The van der Waals surface area contributed by atoms with Crippen LogP contribution < -0.4 is 0 Å². The largest absolute Gasteiger partial charge is 0.208 e. The smallest absolute Gasteiger partial charge is 0.164 e. The molecule has 0 N–H and O–H groups in total. The summed E-state index contributed by atoms with van der Waals surface area (Å²) in [6, 6.07) is 62.5. The van der Waals surface area contributed by atoms with E-state index in [-0.39, 0.29) is 10.8 Å². The van der Waals surface area contributed by atoms with Crippen LogP contribution in [0, 0.1) is 0 Å². The van der Waals surface area contributed by atoms with Gasteiger partial charge < -0.3 is 0 Å². The third kappa shape index (κ3) is 5.74. The molecule has 0 saturated heterocycles. The van der Waals surface area contributed by atoms with Crippen LogP contribution in [-0.2, 0) is 10.8 Å². The SMILES string of the molecule is CC1(C)c2ccc(-c3ccccc3)cc2-c2cc(-c3ccccc3-c3ccc(-c4nc(-c5ccccc5)nc(-c5ccccc5)n4)cc3)ccc2C1(C)C. The van der Waals surface area contributed by atoms with E-state index in [0.717, 1.165) is 22.3 Å². The third-order valence-corrected chi connectivity index (χ3v) is 11.7. The molecule has 0 aliphatic heterocycles. The molecule has 0 atom stereocenters. The van der Waals surface area contributed by atoms with Gasteiger partial charge in [0.25, 0.3) is 0 Å². The highest BCUT2D eigenvalue weighted by molar-refractivity contribution is 5.89. The predicted octanol–water partition coefficient (Wildman–Crippen LogP) is 13.1. The Hall–Kier alpha value is -6.45. The Morgan fingerprint density at radius 3 is 1.09 bits per heavy atom. The summed E-state index contributed by atoms with van der Waals surface area (Å²) >= 11 is 0. The average molecular weight is 696 g/mol. The van der Waals surface area contributed by atoms with Crippen molar-refractivity contribution in [2.45, 2.75) is 38.5 Å². The first kappa shape index (κ1) is 33.4. The minimum Gasteiger partial charge on any atom is -0.208 e. The minimum atomic E-state index is -0.0622. The lowest BCUT2D eigenvalue weighted by Gasteiger charge is -2.48. The molecule has 260 valence electrons. The molecule has 0 unspecified atom stereocenters. The molecule has 8 aromatic rings. The van der Waals surface area contributed by atoms with Crippen LogP contribution in [0.15, 0.2) is 176 Å². The Balaban J connectivity index is 1.12. The molecule has 0 amide bonds. The van der Waals surface area contributed by atoms with Crippen molar-refractivity contribution in [1.82, 2.24) is 15.0 Å². The first-order chi connectivity index (χ1) is 26.3. The van der Waals surface area contributed by atoms with Crippen LogP contribution in [0.25, 0.3) is 78.7 Å². The van der Waals surface area contributed by atoms with Gasteiger partial charge in [0.2, 0.25) is 0 Å². The molecule has 0 saturated carbocycles. The standard InChI is InChI=1S/C51H41N3/c1-50(2)45-30-28-39(34-16-8-5-9-17-34)32-43(45)44-33-40(29-31-46(44)51(50,3)4)42-23-15-14-22-41(42)35-24-26-38(27-25-35)49-53-47(36-18-10-6-11-19-36)52-48(54-49)37-20-12-7-13-21-37/h5-33H,1-4H3. The van der Waals surface area contributed by atoms with Gasteiger partial charge in [-0.05, 0) is 78.6 Å². The zero-order chi connectivity index (χ0) is 36.9. The van der Waals surface area contributed by atoms with Crippen molar-refractivity contribution in [3.63, 3.8) is 0 Å². The highest BCUT2D eigenvalue weighted by Crippen LogP contribution is 2.55. The van der Waals surface area contributed by atoms with E-state index in [1.807, 2.05) is 60.7 Å². The molecular weight excluding hydrogens is 655 g/mol. The number of benzene rings is 7. The van der Waals surface area contributed by atoms with E-state index in [0.29, 0.717) is 17.5 Å². The van der Waals surface area contributed by atoms with Gasteiger partial charge in [-0.3, -0.25) is 0 Å². The van der Waals surface area contributed by atoms with Gasteiger partial charge in [0.05, 0.1) is 0 Å². The summed E-state index contributed by atoms with van der Waals surface area (Å²) in [6.45, 7) is 9.58. The predicted molar refractivity (Wildman–Crippen MR) is 224 cm³/mol. The maximum atomic E-state index is 4.95. The number of hydrogen-bond acceptors (Lipinski definition) is 3. The second kappa shape index (κ2) is 13.2. The second-order valence-corrected chi connectivity index (χ2v) is 15.3. The second-order valence-electron chi connectivity index (χ2n) is 15.3. The van der Waals surface area contributed by atoms with Crippen molar-refractivity contribution in [3.05, 3.63) is 187 Å². The lowest BCUT2D eigenvalue weighted by Crippen LogP contribution is -2.43. The van der Waals surface area contributed by atoms with E-state index in [9.17, 15) is 0 Å². The number of aromatic nitrogens is 3. The van der Waals surface area contributed by atoms with Crippen LogP contribution >= 0.6 is 0 Å². The Morgan fingerprint density at radius 2 is 0.611 bits per heavy atom. The summed E-state index contributed by atoms with van der Waals surface area (Å²) in [6.07, 6.45) is 0. The summed E-state index contributed by atoms with van der Waals surface area (Å²) < 4.78 is 0. The van der Waals surface area contributed by atoms with E-state index in [1.165, 1.54) is 50.1 Å². The van der Waals surface area contributed by atoms with E-state index < -0.39 is 0 Å². The maximum Gasteiger partial charge on any atom is 0.164 e. The van der Waals surface area contributed by atoms with Crippen molar-refractivity contribution in [3.8, 4) is 78.7 Å². The summed E-state index contributed by atoms with van der Waals surface area (Å²) in [5, 5.41) is 0. The van der Waals surface area contributed by atoms with Gasteiger partial charge in [-0.2, -0.15) is 0 Å². The fourth-order valence-electron chi connectivity index (χ4n) is 8.00. The molecule has 7 aromatic carbocycles. The molecule has 1 aliphatic carbocycles. The fourth-order valence-corrected chi connectivity index (χ4v) is 8.00. The molecular formula is C51H41N3. The molecule has 0 bridgehead atoms. The van der Waals surface area contributed by atoms with Gasteiger partial charge >= 0.3 is 0 Å². The lowest BCUT2D eigenvalue weighted by molar-refractivity contribution is 0.299. The number of fused-ring (bicyclic) bond motifs is 3. The van der Waals surface area contributed by atoms with Crippen molar-refractivity contribution < 1.29 is 0 Å². The Morgan fingerprint density at radius 1 is 0.278 bits per heavy atom. The first-order valence-electron chi connectivity index (χ1n) is 18.7. The highest BCUT2D eigenvalue weighted by atomic mass is 15.0. The molecule has 1 heterocycles. The van der Waals surface area contributed by atoms with Crippen LogP contribution in [0.2, 0.25) is 0 Å². The number of nitrogens with zero attached hydrogens (tertiary/aromatic N) is 3. The van der Waals surface area contributed by atoms with Gasteiger partial charge in [0.1, 0.15) is 0 Å². The molecule has 0 spiro atoms. The third-order valence-electron chi connectivity index (χ3n) is 11.7. The summed E-state index contributed by atoms with van der Waals surface area (Å²) in [4.78, 5) is 14.8. The summed E-state index contributed by atoms with van der Waals surface area (Å²) in [5.74, 6) is 1.96. The fraction of sp³-hybridized carbons (Fsp3) is 0.118. The van der Waals surface area contributed by atoms with Crippen molar-refractivity contribution in [2.24, 2.45) is 0 Å². The van der Waals surface area contributed by atoms with Gasteiger partial charge in [-0.25, -0.2) is 15.0 Å². The minimum absolute atomic E-state index is 0.0476. The highest BCUT2D eigenvalue weighted by Gasteiger charge is 2.45. The average Bonchev–Trinajstić information content (AvgIpc) is 3.23. The maximum absolute atomic E-state index is 4.95. The van der Waals surface area contributed by atoms with E-state index in [4.69, 9.17) is 15.0 Å². The zero-order valence-electron chi connectivity index (χ0n) is 31.1. The molecule has 0 radical (unpaired) electrons. The summed E-state index contributed by atoms with van der Waals surface area (Å²) in [5.41, 5.74) is 15.4. The van der Waals surface area contributed by atoms with Crippen molar-refractivity contribution in [2.75, 3.05) is 0 Å². The van der Waals surface area contributed by atoms with Gasteiger partial charge in [0.15, 0.2) is 17.5 Å². The molecule has 9 rings (SSSR count). The van der Waals surface area contributed by atoms with Crippen LogP contribution in [0.4, 0.5) is 0 Å². The normalized spacial score (nSPS) is 13.9. The Labute approximate surface area is 318 Å². The summed E-state index contributed by atoms with van der Waals surface area (Å²) in [7, 11) is 0. The Kier molecular flexibility index (Phi) is 8.16. The quantitative estimate of drug-likeness (QED) is 0.174. The van der Waals surface area contributed by atoms with Crippen LogP contribution in [-0.4, -0.2) is 15.0 Å². The molecule has 1 aromatic heterocycles. The van der Waals surface area contributed by atoms with E-state index in [1.54, 1.807) is 0 Å². The molecule has 1 aliphatic rings. The Bertz CT molecular complexity index is 2570. The van der Waals surface area contributed by atoms with Gasteiger partial charge in [-0.1, -0.05) is 191 Å². The van der Waals surface area contributed by atoms with Crippen LogP contribution in [0.5, 0.6) is 0 Å². The van der Waals surface area contributed by atoms with Crippen molar-refractivity contribution in [1.29, 1.82) is 0 Å². The number of hydrogen-bond donors (Lipinski definition) is 0. The van der Waals surface area contributed by atoms with Crippen LogP contribution in [0.1, 0.15) is 38.8 Å². The monoisotopic (exact) mass is 695 g/mol. The first-order valence-corrected chi connectivity index (χ1v) is 18.7. The van der Waals surface area contributed by atoms with Crippen molar-refractivity contribution >= 4 is 0 Å². The van der Waals surface area contributed by atoms with E-state index >= 15 is 0 Å².